The number of carbonyl (C=O) groups is 1. The van der Waals surface area contributed by atoms with Crippen LogP contribution in [0.15, 0.2) is 18.3 Å². The fourth-order valence-electron chi connectivity index (χ4n) is 1.90. The van der Waals surface area contributed by atoms with E-state index >= 15 is 0 Å². The van der Waals surface area contributed by atoms with Gasteiger partial charge in [0.1, 0.15) is 5.15 Å². The van der Waals surface area contributed by atoms with Crippen molar-refractivity contribution in [3.05, 3.63) is 40.3 Å². The molecule has 19 heavy (non-hydrogen) atoms. The molecular weight excluding hydrogens is 266 g/mol. The second kappa shape index (κ2) is 5.40. The summed E-state index contributed by atoms with van der Waals surface area (Å²) in [6, 6.07) is 3.39. The maximum Gasteiger partial charge on any atom is 0.224 e. The molecule has 0 amide bonds. The molecule has 0 unspecified atom stereocenters. The van der Waals surface area contributed by atoms with Crippen LogP contribution in [0.4, 0.5) is 0 Å². The SMILES string of the molecule is COc1ncccc1C(=O)Cc1c(C)nn(C)c1Cl. The highest BCUT2D eigenvalue weighted by atomic mass is 35.5. The first-order valence-corrected chi connectivity index (χ1v) is 6.12. The Bertz CT molecular complexity index is 622. The third kappa shape index (κ3) is 2.61. The van der Waals surface area contributed by atoms with Crippen LogP contribution in [0.1, 0.15) is 21.6 Å². The number of halogens is 1. The van der Waals surface area contributed by atoms with E-state index in [1.165, 1.54) is 7.11 Å². The van der Waals surface area contributed by atoms with E-state index in [-0.39, 0.29) is 12.2 Å². The van der Waals surface area contributed by atoms with Gasteiger partial charge in [-0.25, -0.2) is 4.98 Å². The van der Waals surface area contributed by atoms with Crippen molar-refractivity contribution in [3.8, 4) is 5.88 Å². The van der Waals surface area contributed by atoms with Gasteiger partial charge in [-0.15, -0.1) is 0 Å². The van der Waals surface area contributed by atoms with Gasteiger partial charge in [0.05, 0.1) is 18.4 Å². The molecular formula is C13H14ClN3O2. The fraction of sp³-hybridized carbons (Fsp3) is 0.308. The molecule has 6 heteroatoms. The van der Waals surface area contributed by atoms with Crippen LogP contribution in [-0.2, 0) is 13.5 Å². The number of aryl methyl sites for hydroxylation is 2. The molecule has 5 nitrogen and oxygen atoms in total. The van der Waals surface area contributed by atoms with Crippen molar-refractivity contribution < 1.29 is 9.53 Å². The van der Waals surface area contributed by atoms with Gasteiger partial charge in [0.15, 0.2) is 5.78 Å². The van der Waals surface area contributed by atoms with Crippen LogP contribution in [-0.4, -0.2) is 27.7 Å². The van der Waals surface area contributed by atoms with Crippen molar-refractivity contribution in [1.82, 2.24) is 14.8 Å². The average Bonchev–Trinajstić information content (AvgIpc) is 2.65. The van der Waals surface area contributed by atoms with E-state index in [1.807, 2.05) is 6.92 Å². The van der Waals surface area contributed by atoms with Crippen molar-refractivity contribution >= 4 is 17.4 Å². The highest BCUT2D eigenvalue weighted by Crippen LogP contribution is 2.22. The molecule has 100 valence electrons. The summed E-state index contributed by atoms with van der Waals surface area (Å²) in [5.74, 6) is 0.230. The standard InChI is InChI=1S/C13H14ClN3O2/c1-8-10(12(14)17(2)16-8)7-11(18)9-5-4-6-15-13(9)19-3/h4-6H,7H2,1-3H3. The monoisotopic (exact) mass is 279 g/mol. The van der Waals surface area contributed by atoms with Crippen molar-refractivity contribution in [1.29, 1.82) is 0 Å². The van der Waals surface area contributed by atoms with Gasteiger partial charge < -0.3 is 4.74 Å². The number of hydrogen-bond acceptors (Lipinski definition) is 4. The lowest BCUT2D eigenvalue weighted by Gasteiger charge is -2.05. The zero-order chi connectivity index (χ0) is 14.0. The molecule has 0 aliphatic rings. The molecule has 2 aromatic rings. The first-order valence-electron chi connectivity index (χ1n) is 5.74. The second-order valence-corrected chi connectivity index (χ2v) is 4.50. The Labute approximate surface area is 116 Å². The van der Waals surface area contributed by atoms with Crippen LogP contribution >= 0.6 is 11.6 Å². The lowest BCUT2D eigenvalue weighted by molar-refractivity contribution is 0.0989. The topological polar surface area (TPSA) is 57.0 Å². The Hall–Kier alpha value is -1.88. The third-order valence-electron chi connectivity index (χ3n) is 2.87. The van der Waals surface area contributed by atoms with E-state index in [2.05, 4.69) is 10.1 Å². The number of rotatable bonds is 4. The molecule has 0 radical (unpaired) electrons. The lowest BCUT2D eigenvalue weighted by atomic mass is 10.0. The minimum Gasteiger partial charge on any atom is -0.480 e. The van der Waals surface area contributed by atoms with Crippen molar-refractivity contribution in [2.24, 2.45) is 7.05 Å². The van der Waals surface area contributed by atoms with E-state index < -0.39 is 0 Å². The first-order chi connectivity index (χ1) is 9.04. The zero-order valence-corrected chi connectivity index (χ0v) is 11.7. The van der Waals surface area contributed by atoms with E-state index in [1.54, 1.807) is 30.1 Å². The summed E-state index contributed by atoms with van der Waals surface area (Å²) in [6.07, 6.45) is 1.76. The molecule has 0 aliphatic carbocycles. The number of ether oxygens (including phenoxy) is 1. The number of aromatic nitrogens is 3. The fourth-order valence-corrected chi connectivity index (χ4v) is 2.14. The normalized spacial score (nSPS) is 10.5. The van der Waals surface area contributed by atoms with Crippen LogP contribution in [0.3, 0.4) is 0 Å². The summed E-state index contributed by atoms with van der Waals surface area (Å²) in [4.78, 5) is 16.3. The predicted octanol–water partition coefficient (Wildman–Crippen LogP) is 2.21. The van der Waals surface area contributed by atoms with Gasteiger partial charge in [0.2, 0.25) is 5.88 Å². The Balaban J connectivity index is 2.31. The van der Waals surface area contributed by atoms with Crippen LogP contribution in [0.25, 0.3) is 0 Å². The summed E-state index contributed by atoms with van der Waals surface area (Å²) in [5, 5.41) is 4.67. The predicted molar refractivity (Wildman–Crippen MR) is 71.8 cm³/mol. The second-order valence-electron chi connectivity index (χ2n) is 4.14. The number of ketones is 1. The van der Waals surface area contributed by atoms with Crippen LogP contribution in [0.2, 0.25) is 5.15 Å². The van der Waals surface area contributed by atoms with E-state index in [0.29, 0.717) is 16.6 Å². The molecule has 2 heterocycles. The van der Waals surface area contributed by atoms with Gasteiger partial charge in [-0.1, -0.05) is 11.6 Å². The molecule has 0 aromatic carbocycles. The molecule has 0 aliphatic heterocycles. The molecule has 2 aromatic heterocycles. The third-order valence-corrected chi connectivity index (χ3v) is 3.34. The van der Waals surface area contributed by atoms with Gasteiger partial charge >= 0.3 is 0 Å². The van der Waals surface area contributed by atoms with E-state index in [9.17, 15) is 4.79 Å². The Morgan fingerprint density at radius 3 is 2.84 bits per heavy atom. The van der Waals surface area contributed by atoms with Crippen LogP contribution < -0.4 is 4.74 Å². The van der Waals surface area contributed by atoms with Gasteiger partial charge in [-0.2, -0.15) is 5.10 Å². The largest absolute Gasteiger partial charge is 0.480 e. The number of Topliss-reactive ketones (excluding diaryl/α,β-unsaturated/α-hetero) is 1. The summed E-state index contributed by atoms with van der Waals surface area (Å²) >= 11 is 6.12. The molecule has 0 saturated carbocycles. The molecule has 0 fully saturated rings. The van der Waals surface area contributed by atoms with Gasteiger partial charge in [0.25, 0.3) is 0 Å². The summed E-state index contributed by atoms with van der Waals surface area (Å²) in [6.45, 7) is 1.83. The average molecular weight is 280 g/mol. The molecule has 0 saturated heterocycles. The van der Waals surface area contributed by atoms with Gasteiger partial charge in [-0.3, -0.25) is 9.48 Å². The Morgan fingerprint density at radius 1 is 1.53 bits per heavy atom. The number of carbonyl (C=O) groups excluding carboxylic acids is 1. The van der Waals surface area contributed by atoms with Gasteiger partial charge in [-0.05, 0) is 19.1 Å². The summed E-state index contributed by atoms with van der Waals surface area (Å²) in [7, 11) is 3.23. The molecule has 0 bridgehead atoms. The van der Waals surface area contributed by atoms with Crippen LogP contribution in [0.5, 0.6) is 5.88 Å². The van der Waals surface area contributed by atoms with Crippen LogP contribution in [0, 0.1) is 6.92 Å². The number of nitrogens with zero attached hydrogens (tertiary/aromatic N) is 3. The van der Waals surface area contributed by atoms with E-state index in [0.717, 1.165) is 11.3 Å². The summed E-state index contributed by atoms with van der Waals surface area (Å²) < 4.78 is 6.64. The zero-order valence-electron chi connectivity index (χ0n) is 11.0. The highest BCUT2D eigenvalue weighted by Gasteiger charge is 2.19. The highest BCUT2D eigenvalue weighted by molar-refractivity contribution is 6.30. The first kappa shape index (κ1) is 13.5. The van der Waals surface area contributed by atoms with Gasteiger partial charge in [0, 0.05) is 25.2 Å². The van der Waals surface area contributed by atoms with Crippen molar-refractivity contribution in [3.63, 3.8) is 0 Å². The maximum atomic E-state index is 12.3. The molecule has 0 N–H and O–H groups in total. The minimum atomic E-state index is -0.0945. The van der Waals surface area contributed by atoms with Crippen molar-refractivity contribution in [2.75, 3.05) is 7.11 Å². The summed E-state index contributed by atoms with van der Waals surface area (Å²) in [5.41, 5.74) is 1.94. The number of pyridine rings is 1. The molecule has 0 spiro atoms. The minimum absolute atomic E-state index is 0.0945. The number of methoxy groups -OCH3 is 1. The smallest absolute Gasteiger partial charge is 0.224 e. The Kier molecular flexibility index (Phi) is 3.85. The lowest BCUT2D eigenvalue weighted by Crippen LogP contribution is -2.07. The number of hydrogen-bond donors (Lipinski definition) is 0. The molecule has 2 rings (SSSR count). The molecule has 0 atom stereocenters. The quantitative estimate of drug-likeness (QED) is 0.805. The van der Waals surface area contributed by atoms with E-state index in [4.69, 9.17) is 16.3 Å². The Morgan fingerprint density at radius 2 is 2.26 bits per heavy atom. The van der Waals surface area contributed by atoms with Crippen molar-refractivity contribution in [2.45, 2.75) is 13.3 Å². The maximum absolute atomic E-state index is 12.3.